The van der Waals surface area contributed by atoms with Crippen molar-refractivity contribution >= 4 is 28.4 Å². The van der Waals surface area contributed by atoms with Gasteiger partial charge in [-0.15, -0.1) is 0 Å². The van der Waals surface area contributed by atoms with Gasteiger partial charge < -0.3 is 35.4 Å². The molecule has 2 fully saturated rings. The van der Waals surface area contributed by atoms with Gasteiger partial charge in [0.25, 0.3) is 5.91 Å². The van der Waals surface area contributed by atoms with Crippen LogP contribution in [0, 0.1) is 17.2 Å². The molecule has 2 aromatic carbocycles. The molecule has 0 aromatic heterocycles. The molecule has 37 heavy (non-hydrogen) atoms. The van der Waals surface area contributed by atoms with Crippen molar-refractivity contribution in [2.24, 2.45) is 5.92 Å². The Morgan fingerprint density at radius 2 is 1.86 bits per heavy atom. The molecule has 5 N–H and O–H groups in total. The fourth-order valence-electron chi connectivity index (χ4n) is 4.50. The summed E-state index contributed by atoms with van der Waals surface area (Å²) in [6.45, 7) is 6.67. The zero-order valence-electron chi connectivity index (χ0n) is 20.8. The van der Waals surface area contributed by atoms with E-state index in [1.165, 1.54) is 6.08 Å². The molecule has 2 aliphatic heterocycles. The van der Waals surface area contributed by atoms with Crippen LogP contribution in [-0.4, -0.2) is 96.7 Å². The standard InChI is InChI=1S/C27H34N4O6/c1-17-24(32)25(33)23(37-27(17)35)16-30-26(34)21(15-28)13-18-2-3-20-14-22(5-4-19(20)12-18)29-6-7-31-8-10-36-11-9-31/h2-5,12-14,17,23-25,27,29,32-33,35H,6-11,16H2,1H3,(H,30,34)/b21-13+/t17-,23-,24-,25-,27?/m1/s1. The van der Waals surface area contributed by atoms with Crippen LogP contribution in [0.5, 0.6) is 0 Å². The van der Waals surface area contributed by atoms with Crippen molar-refractivity contribution in [3.63, 3.8) is 0 Å². The second-order valence-corrected chi connectivity index (χ2v) is 9.49. The van der Waals surface area contributed by atoms with Crippen LogP contribution in [0.1, 0.15) is 12.5 Å². The molecule has 5 atom stereocenters. The Hall–Kier alpha value is -3.04. The van der Waals surface area contributed by atoms with Gasteiger partial charge in [-0.05, 0) is 40.6 Å². The lowest BCUT2D eigenvalue weighted by Gasteiger charge is -2.39. The number of ether oxygens (including phenoxy) is 2. The third-order valence-electron chi connectivity index (χ3n) is 6.90. The first-order chi connectivity index (χ1) is 17.9. The number of carbonyl (C=O) groups excluding carboxylic acids is 1. The summed E-state index contributed by atoms with van der Waals surface area (Å²) in [6.07, 6.45) is -3.22. The van der Waals surface area contributed by atoms with Gasteiger partial charge >= 0.3 is 0 Å². The van der Waals surface area contributed by atoms with Gasteiger partial charge in [-0.3, -0.25) is 9.69 Å². The van der Waals surface area contributed by atoms with E-state index in [0.717, 1.165) is 55.9 Å². The van der Waals surface area contributed by atoms with Gasteiger partial charge in [0.1, 0.15) is 23.9 Å². The molecule has 0 saturated carbocycles. The molecule has 1 amide bonds. The highest BCUT2D eigenvalue weighted by molar-refractivity contribution is 6.02. The van der Waals surface area contributed by atoms with Crippen molar-refractivity contribution < 1.29 is 29.6 Å². The number of anilines is 1. The maximum atomic E-state index is 12.6. The highest BCUT2D eigenvalue weighted by Gasteiger charge is 2.41. The third kappa shape index (κ3) is 6.84. The van der Waals surface area contributed by atoms with Gasteiger partial charge in [-0.1, -0.05) is 25.1 Å². The molecule has 0 aliphatic carbocycles. The maximum absolute atomic E-state index is 12.6. The van der Waals surface area contributed by atoms with E-state index in [0.29, 0.717) is 5.56 Å². The minimum Gasteiger partial charge on any atom is -0.390 e. The van der Waals surface area contributed by atoms with Crippen molar-refractivity contribution in [1.82, 2.24) is 10.2 Å². The molecule has 2 saturated heterocycles. The fraction of sp³-hybridized carbons (Fsp3) is 0.481. The quantitative estimate of drug-likeness (QED) is 0.255. The van der Waals surface area contributed by atoms with E-state index in [-0.39, 0.29) is 12.1 Å². The highest BCUT2D eigenvalue weighted by atomic mass is 16.6. The summed E-state index contributed by atoms with van der Waals surface area (Å²) in [4.78, 5) is 15.0. The number of aliphatic hydroxyl groups is 3. The molecular weight excluding hydrogens is 476 g/mol. The smallest absolute Gasteiger partial charge is 0.262 e. The number of amides is 1. The lowest BCUT2D eigenvalue weighted by Crippen LogP contribution is -2.56. The Bertz CT molecular complexity index is 1160. The lowest BCUT2D eigenvalue weighted by molar-refractivity contribution is -0.258. The first kappa shape index (κ1) is 27.0. The first-order valence-corrected chi connectivity index (χ1v) is 12.5. The van der Waals surface area contributed by atoms with E-state index < -0.39 is 36.4 Å². The number of nitrogens with one attached hydrogen (secondary N) is 2. The minimum absolute atomic E-state index is 0.111. The van der Waals surface area contributed by atoms with Crippen molar-refractivity contribution in [2.75, 3.05) is 51.3 Å². The van der Waals surface area contributed by atoms with Crippen LogP contribution in [-0.2, 0) is 14.3 Å². The van der Waals surface area contributed by atoms with Crippen LogP contribution in [0.25, 0.3) is 16.8 Å². The van der Waals surface area contributed by atoms with Crippen LogP contribution in [0.3, 0.4) is 0 Å². The molecule has 1 unspecified atom stereocenters. The van der Waals surface area contributed by atoms with Gasteiger partial charge in [0.05, 0.1) is 19.3 Å². The van der Waals surface area contributed by atoms with Crippen molar-refractivity contribution in [3.8, 4) is 6.07 Å². The summed E-state index contributed by atoms with van der Waals surface area (Å²) in [6, 6.07) is 13.7. The molecule has 2 aromatic rings. The number of nitriles is 1. The number of hydrogen-bond acceptors (Lipinski definition) is 9. The molecule has 2 heterocycles. The fourth-order valence-corrected chi connectivity index (χ4v) is 4.50. The topological polar surface area (TPSA) is 147 Å². The number of carbonyl (C=O) groups is 1. The van der Waals surface area contributed by atoms with Crippen molar-refractivity contribution in [3.05, 3.63) is 47.5 Å². The molecule has 10 nitrogen and oxygen atoms in total. The van der Waals surface area contributed by atoms with Gasteiger partial charge in [-0.2, -0.15) is 5.26 Å². The Morgan fingerprint density at radius 3 is 2.62 bits per heavy atom. The second-order valence-electron chi connectivity index (χ2n) is 9.49. The summed E-state index contributed by atoms with van der Waals surface area (Å²) in [7, 11) is 0. The number of benzene rings is 2. The van der Waals surface area contributed by atoms with E-state index >= 15 is 0 Å². The van der Waals surface area contributed by atoms with E-state index in [2.05, 4.69) is 21.6 Å². The Labute approximate surface area is 216 Å². The van der Waals surface area contributed by atoms with Crippen LogP contribution < -0.4 is 10.6 Å². The summed E-state index contributed by atoms with van der Waals surface area (Å²) < 4.78 is 10.7. The van der Waals surface area contributed by atoms with Crippen molar-refractivity contribution in [2.45, 2.75) is 31.5 Å². The normalized spacial score (nSPS) is 27.0. The third-order valence-corrected chi connectivity index (χ3v) is 6.90. The van der Waals surface area contributed by atoms with Crippen LogP contribution in [0.2, 0.25) is 0 Å². The number of fused-ring (bicyclic) bond motifs is 1. The van der Waals surface area contributed by atoms with E-state index in [1.807, 2.05) is 36.4 Å². The molecule has 0 bridgehead atoms. The maximum Gasteiger partial charge on any atom is 0.262 e. The molecule has 0 spiro atoms. The van der Waals surface area contributed by atoms with Gasteiger partial charge in [0.15, 0.2) is 6.29 Å². The largest absolute Gasteiger partial charge is 0.390 e. The molecule has 4 rings (SSSR count). The van der Waals surface area contributed by atoms with Gasteiger partial charge in [-0.25, -0.2) is 0 Å². The molecule has 198 valence electrons. The summed E-state index contributed by atoms with van der Waals surface area (Å²) in [5.41, 5.74) is 1.61. The number of hydrogen-bond donors (Lipinski definition) is 5. The molecule has 10 heteroatoms. The average molecular weight is 511 g/mol. The predicted molar refractivity (Wildman–Crippen MR) is 138 cm³/mol. The lowest BCUT2D eigenvalue weighted by atomic mass is 9.92. The van der Waals surface area contributed by atoms with Crippen LogP contribution >= 0.6 is 0 Å². The molecule has 2 aliphatic rings. The molecular formula is C27H34N4O6. The first-order valence-electron chi connectivity index (χ1n) is 12.5. The van der Waals surface area contributed by atoms with E-state index in [9.17, 15) is 25.4 Å². The highest BCUT2D eigenvalue weighted by Crippen LogP contribution is 2.25. The van der Waals surface area contributed by atoms with Gasteiger partial charge in [0, 0.05) is 44.3 Å². The number of morpholine rings is 1. The Balaban J connectivity index is 1.35. The summed E-state index contributed by atoms with van der Waals surface area (Å²) in [5, 5.41) is 47.6. The second kappa shape index (κ2) is 12.5. The zero-order chi connectivity index (χ0) is 26.4. The summed E-state index contributed by atoms with van der Waals surface area (Å²) >= 11 is 0. The predicted octanol–water partition coefficient (Wildman–Crippen LogP) is 0.682. The van der Waals surface area contributed by atoms with E-state index in [4.69, 9.17) is 9.47 Å². The summed E-state index contributed by atoms with van der Waals surface area (Å²) in [5.74, 6) is -1.30. The molecule has 0 radical (unpaired) electrons. The van der Waals surface area contributed by atoms with E-state index in [1.54, 1.807) is 6.92 Å². The monoisotopic (exact) mass is 510 g/mol. The number of nitrogens with zero attached hydrogens (tertiary/aromatic N) is 2. The Morgan fingerprint density at radius 1 is 1.14 bits per heavy atom. The number of aliphatic hydroxyl groups excluding tert-OH is 3. The average Bonchev–Trinajstić information content (AvgIpc) is 2.92. The Kier molecular flexibility index (Phi) is 9.10. The minimum atomic E-state index is -1.27. The zero-order valence-corrected chi connectivity index (χ0v) is 20.8. The SMILES string of the molecule is C[C@H]1C(O)O[C@H](CNC(=O)/C(C#N)=C/c2ccc3cc(NCCN4CCOCC4)ccc3c2)[C@@H](O)[C@@H]1O. The van der Waals surface area contributed by atoms with Crippen LogP contribution in [0.15, 0.2) is 42.0 Å². The number of rotatable bonds is 8. The van der Waals surface area contributed by atoms with Crippen molar-refractivity contribution in [1.29, 1.82) is 5.26 Å². The van der Waals surface area contributed by atoms with Crippen LogP contribution in [0.4, 0.5) is 5.69 Å². The van der Waals surface area contributed by atoms with Gasteiger partial charge in [0.2, 0.25) is 0 Å².